The lowest BCUT2D eigenvalue weighted by atomic mass is 9.71. The summed E-state index contributed by atoms with van der Waals surface area (Å²) in [5.41, 5.74) is 6.08. The topological polar surface area (TPSA) is 46.2 Å². The molecule has 1 aliphatic carbocycles. The lowest BCUT2D eigenvalue weighted by Gasteiger charge is -2.39. The van der Waals surface area contributed by atoms with Crippen molar-refractivity contribution in [1.29, 1.82) is 0 Å². The Morgan fingerprint density at radius 2 is 2.12 bits per heavy atom. The highest BCUT2D eigenvalue weighted by atomic mass is 32.2. The van der Waals surface area contributed by atoms with Crippen LogP contribution in [0.2, 0.25) is 0 Å². The molecule has 3 N–H and O–H groups in total. The second kappa shape index (κ2) is 7.65. The molecule has 17 heavy (non-hydrogen) atoms. The zero-order valence-corrected chi connectivity index (χ0v) is 12.4. The standard InChI is InChI=1S/C14H29NOS/c1-10-9-13(14(17-3)11(2)15)7-6-12(10)5-4-8-16/h10-14,16H,4-9,15H2,1-3H3. The Kier molecular flexibility index (Phi) is 6.90. The fourth-order valence-electron chi connectivity index (χ4n) is 3.42. The van der Waals surface area contributed by atoms with E-state index >= 15 is 0 Å². The van der Waals surface area contributed by atoms with E-state index in [-0.39, 0.29) is 0 Å². The molecule has 0 aromatic heterocycles. The van der Waals surface area contributed by atoms with Crippen LogP contribution in [0, 0.1) is 17.8 Å². The maximum absolute atomic E-state index is 8.91. The molecule has 0 heterocycles. The second-order valence-electron chi connectivity index (χ2n) is 5.74. The molecule has 1 rings (SSSR count). The van der Waals surface area contributed by atoms with E-state index in [9.17, 15) is 0 Å². The molecule has 1 aliphatic rings. The summed E-state index contributed by atoms with van der Waals surface area (Å²) in [5, 5.41) is 9.54. The van der Waals surface area contributed by atoms with Crippen molar-refractivity contribution in [3.8, 4) is 0 Å². The van der Waals surface area contributed by atoms with Crippen LogP contribution in [0.5, 0.6) is 0 Å². The molecule has 0 spiro atoms. The van der Waals surface area contributed by atoms with Gasteiger partial charge in [-0.05, 0) is 63.0 Å². The van der Waals surface area contributed by atoms with Gasteiger partial charge in [0.25, 0.3) is 0 Å². The van der Waals surface area contributed by atoms with E-state index in [4.69, 9.17) is 10.8 Å². The molecular weight excluding hydrogens is 230 g/mol. The highest BCUT2D eigenvalue weighted by Crippen LogP contribution is 2.40. The van der Waals surface area contributed by atoms with Crippen LogP contribution in [-0.4, -0.2) is 29.3 Å². The lowest BCUT2D eigenvalue weighted by Crippen LogP contribution is -2.38. The molecule has 0 radical (unpaired) electrons. The van der Waals surface area contributed by atoms with Crippen molar-refractivity contribution < 1.29 is 5.11 Å². The van der Waals surface area contributed by atoms with Gasteiger partial charge in [0, 0.05) is 17.9 Å². The van der Waals surface area contributed by atoms with Crippen LogP contribution in [0.1, 0.15) is 46.0 Å². The van der Waals surface area contributed by atoms with E-state index in [0.29, 0.717) is 17.9 Å². The molecule has 1 saturated carbocycles. The highest BCUT2D eigenvalue weighted by Gasteiger charge is 2.32. The number of aliphatic hydroxyl groups is 1. The van der Waals surface area contributed by atoms with Gasteiger partial charge in [0.1, 0.15) is 0 Å². The monoisotopic (exact) mass is 259 g/mol. The SMILES string of the molecule is CSC(C(C)N)C1CCC(CCCO)C(C)C1. The quantitative estimate of drug-likeness (QED) is 0.771. The van der Waals surface area contributed by atoms with Crippen molar-refractivity contribution in [2.45, 2.75) is 57.2 Å². The van der Waals surface area contributed by atoms with E-state index in [1.54, 1.807) is 0 Å². The van der Waals surface area contributed by atoms with Gasteiger partial charge >= 0.3 is 0 Å². The van der Waals surface area contributed by atoms with Crippen LogP contribution < -0.4 is 5.73 Å². The summed E-state index contributed by atoms with van der Waals surface area (Å²) in [6.07, 6.45) is 8.34. The fraction of sp³-hybridized carbons (Fsp3) is 1.00. The third-order valence-corrected chi connectivity index (χ3v) is 5.73. The minimum absolute atomic E-state index is 0.302. The number of hydrogen-bond donors (Lipinski definition) is 2. The molecule has 5 atom stereocenters. The van der Waals surface area contributed by atoms with Gasteiger partial charge in [0.15, 0.2) is 0 Å². The van der Waals surface area contributed by atoms with Crippen LogP contribution >= 0.6 is 11.8 Å². The zero-order chi connectivity index (χ0) is 12.8. The van der Waals surface area contributed by atoms with E-state index in [1.807, 2.05) is 11.8 Å². The summed E-state index contributed by atoms with van der Waals surface area (Å²) in [7, 11) is 0. The Morgan fingerprint density at radius 3 is 2.59 bits per heavy atom. The summed E-state index contributed by atoms with van der Waals surface area (Å²) in [5.74, 6) is 2.42. The number of aliphatic hydroxyl groups excluding tert-OH is 1. The molecule has 0 saturated heterocycles. The van der Waals surface area contributed by atoms with E-state index < -0.39 is 0 Å². The molecule has 0 aromatic rings. The number of thioether (sulfide) groups is 1. The zero-order valence-electron chi connectivity index (χ0n) is 11.6. The van der Waals surface area contributed by atoms with Crippen molar-refractivity contribution in [3.05, 3.63) is 0 Å². The minimum Gasteiger partial charge on any atom is -0.396 e. The molecule has 3 heteroatoms. The van der Waals surface area contributed by atoms with Crippen LogP contribution in [0.3, 0.4) is 0 Å². The van der Waals surface area contributed by atoms with Crippen LogP contribution in [0.15, 0.2) is 0 Å². The fourth-order valence-corrected chi connectivity index (χ4v) is 4.48. The van der Waals surface area contributed by atoms with Gasteiger partial charge in [-0.2, -0.15) is 11.8 Å². The third-order valence-electron chi connectivity index (χ3n) is 4.38. The summed E-state index contributed by atoms with van der Waals surface area (Å²) in [6.45, 7) is 4.87. The average Bonchev–Trinajstić information content (AvgIpc) is 2.28. The highest BCUT2D eigenvalue weighted by molar-refractivity contribution is 7.99. The van der Waals surface area contributed by atoms with Gasteiger partial charge < -0.3 is 10.8 Å². The molecule has 0 bridgehead atoms. The van der Waals surface area contributed by atoms with Gasteiger partial charge in [-0.15, -0.1) is 0 Å². The first-order valence-corrected chi connectivity index (χ1v) is 8.28. The molecule has 0 aliphatic heterocycles. The van der Waals surface area contributed by atoms with Gasteiger partial charge in [-0.1, -0.05) is 6.92 Å². The minimum atomic E-state index is 0.302. The summed E-state index contributed by atoms with van der Waals surface area (Å²) in [6, 6.07) is 0.302. The Labute approximate surface area is 111 Å². The Morgan fingerprint density at radius 1 is 1.41 bits per heavy atom. The summed E-state index contributed by atoms with van der Waals surface area (Å²) in [4.78, 5) is 0. The number of hydrogen-bond acceptors (Lipinski definition) is 3. The van der Waals surface area contributed by atoms with Gasteiger partial charge in [0.2, 0.25) is 0 Å². The smallest absolute Gasteiger partial charge is 0.0431 e. The average molecular weight is 259 g/mol. The normalized spacial score (nSPS) is 33.4. The molecule has 0 aromatic carbocycles. The summed E-state index contributed by atoms with van der Waals surface area (Å²) >= 11 is 1.94. The molecular formula is C14H29NOS. The maximum atomic E-state index is 8.91. The van der Waals surface area contributed by atoms with Gasteiger partial charge in [0.05, 0.1) is 0 Å². The van der Waals surface area contributed by atoms with Gasteiger partial charge in [-0.25, -0.2) is 0 Å². The number of rotatable bonds is 6. The van der Waals surface area contributed by atoms with Crippen LogP contribution in [0.4, 0.5) is 0 Å². The Hall–Kier alpha value is 0.270. The third kappa shape index (κ3) is 4.46. The second-order valence-corrected chi connectivity index (χ2v) is 6.75. The molecule has 1 fully saturated rings. The predicted octanol–water partition coefficient (Wildman–Crippen LogP) is 2.89. The molecule has 0 amide bonds. The first-order chi connectivity index (χ1) is 8.10. The maximum Gasteiger partial charge on any atom is 0.0431 e. The molecule has 5 unspecified atom stereocenters. The summed E-state index contributed by atoms with van der Waals surface area (Å²) < 4.78 is 0. The van der Waals surface area contributed by atoms with Crippen molar-refractivity contribution in [2.75, 3.05) is 12.9 Å². The Bertz CT molecular complexity index is 210. The van der Waals surface area contributed by atoms with E-state index in [0.717, 1.165) is 24.2 Å². The van der Waals surface area contributed by atoms with Crippen molar-refractivity contribution in [3.63, 3.8) is 0 Å². The largest absolute Gasteiger partial charge is 0.396 e. The molecule has 102 valence electrons. The van der Waals surface area contributed by atoms with Crippen LogP contribution in [0.25, 0.3) is 0 Å². The molecule has 2 nitrogen and oxygen atoms in total. The van der Waals surface area contributed by atoms with Crippen molar-refractivity contribution in [2.24, 2.45) is 23.5 Å². The Balaban J connectivity index is 2.45. The van der Waals surface area contributed by atoms with Crippen molar-refractivity contribution >= 4 is 11.8 Å². The predicted molar refractivity (Wildman–Crippen MR) is 77.3 cm³/mol. The van der Waals surface area contributed by atoms with E-state index in [1.165, 1.54) is 25.7 Å². The number of nitrogens with two attached hydrogens (primary N) is 1. The first kappa shape index (κ1) is 15.3. The lowest BCUT2D eigenvalue weighted by molar-refractivity contribution is 0.164. The van der Waals surface area contributed by atoms with Crippen molar-refractivity contribution in [1.82, 2.24) is 0 Å². The van der Waals surface area contributed by atoms with Gasteiger partial charge in [-0.3, -0.25) is 0 Å². The van der Waals surface area contributed by atoms with E-state index in [2.05, 4.69) is 20.1 Å². The van der Waals surface area contributed by atoms with Crippen LogP contribution in [-0.2, 0) is 0 Å². The first-order valence-electron chi connectivity index (χ1n) is 6.99.